The molecular weight excluding hydrogens is 306 g/mol. The van der Waals surface area contributed by atoms with E-state index in [1.807, 2.05) is 6.92 Å². The van der Waals surface area contributed by atoms with E-state index in [4.69, 9.17) is 22.7 Å². The molecule has 0 unspecified atom stereocenters. The molecule has 0 saturated heterocycles. The molecule has 0 fully saturated rings. The van der Waals surface area contributed by atoms with Crippen LogP contribution in [-0.2, 0) is 17.8 Å². The highest BCUT2D eigenvalue weighted by molar-refractivity contribution is 7.71. The second kappa shape index (κ2) is 6.22. The van der Waals surface area contributed by atoms with Crippen LogP contribution in [0.4, 0.5) is 5.82 Å². The summed E-state index contributed by atoms with van der Waals surface area (Å²) >= 11 is 5.30. The molecule has 0 atom stereocenters. The number of hydrogen-bond donors (Lipinski definition) is 1. The fourth-order valence-electron chi connectivity index (χ4n) is 2.14. The first-order valence-corrected chi connectivity index (χ1v) is 7.34. The molecule has 0 spiro atoms. The third-order valence-electron chi connectivity index (χ3n) is 3.17. The zero-order chi connectivity index (χ0) is 16.4. The van der Waals surface area contributed by atoms with Gasteiger partial charge in [-0.1, -0.05) is 0 Å². The molecule has 2 rings (SSSR count). The van der Waals surface area contributed by atoms with Crippen molar-refractivity contribution in [2.45, 2.75) is 33.9 Å². The van der Waals surface area contributed by atoms with Crippen molar-refractivity contribution in [3.63, 3.8) is 0 Å². The molecule has 0 aliphatic rings. The predicted molar refractivity (Wildman–Crippen MR) is 84.3 cm³/mol. The van der Waals surface area contributed by atoms with Crippen molar-refractivity contribution in [2.75, 3.05) is 12.3 Å². The highest BCUT2D eigenvalue weighted by atomic mass is 32.1. The molecular formula is C13H17N5O3S. The number of carbonyl (C=O) groups excluding carboxylic acids is 1. The normalized spacial score (nSPS) is 10.9. The Bertz CT molecular complexity index is 855. The lowest BCUT2D eigenvalue weighted by atomic mass is 10.3. The van der Waals surface area contributed by atoms with Gasteiger partial charge < -0.3 is 15.0 Å². The monoisotopic (exact) mass is 323 g/mol. The Morgan fingerprint density at radius 1 is 1.23 bits per heavy atom. The van der Waals surface area contributed by atoms with Crippen LogP contribution in [0.5, 0.6) is 0 Å². The third kappa shape index (κ3) is 2.47. The highest BCUT2D eigenvalue weighted by Crippen LogP contribution is 2.14. The summed E-state index contributed by atoms with van der Waals surface area (Å²) in [6.07, 6.45) is 0. The number of carbonyl (C=O) groups is 1. The number of fused-ring (bicyclic) bond motifs is 1. The van der Waals surface area contributed by atoms with Gasteiger partial charge in [0.1, 0.15) is 0 Å². The molecule has 0 aliphatic carbocycles. The predicted octanol–water partition coefficient (Wildman–Crippen LogP) is 1.12. The van der Waals surface area contributed by atoms with Gasteiger partial charge in [-0.25, -0.2) is 14.8 Å². The molecule has 0 bridgehead atoms. The van der Waals surface area contributed by atoms with Crippen LogP contribution in [0, 0.1) is 4.77 Å². The molecule has 0 radical (unpaired) electrons. The lowest BCUT2D eigenvalue weighted by Crippen LogP contribution is -2.27. The van der Waals surface area contributed by atoms with Gasteiger partial charge in [-0.15, -0.1) is 0 Å². The first kappa shape index (κ1) is 16.1. The topological polar surface area (TPSA) is 105 Å². The number of nitrogens with two attached hydrogens (primary N) is 1. The second-order valence-corrected chi connectivity index (χ2v) is 4.79. The summed E-state index contributed by atoms with van der Waals surface area (Å²) in [7, 11) is 0. The number of nitrogens with zero attached hydrogens (tertiary/aromatic N) is 4. The number of aromatic nitrogens is 4. The quantitative estimate of drug-likeness (QED) is 0.664. The van der Waals surface area contributed by atoms with Gasteiger partial charge in [-0.05, 0) is 33.0 Å². The van der Waals surface area contributed by atoms with Crippen LogP contribution in [0.3, 0.4) is 0 Å². The van der Waals surface area contributed by atoms with Gasteiger partial charge in [0.15, 0.2) is 27.4 Å². The largest absolute Gasteiger partial charge is 0.461 e. The molecule has 22 heavy (non-hydrogen) atoms. The van der Waals surface area contributed by atoms with Gasteiger partial charge in [0.2, 0.25) is 0 Å². The molecule has 8 nitrogen and oxygen atoms in total. The first-order valence-electron chi connectivity index (χ1n) is 6.94. The number of ether oxygens (including phenoxy) is 1. The minimum Gasteiger partial charge on any atom is -0.461 e. The minimum atomic E-state index is -0.706. The number of nitrogen functional groups attached to an aromatic ring is 1. The highest BCUT2D eigenvalue weighted by Gasteiger charge is 2.20. The van der Waals surface area contributed by atoms with Crippen LogP contribution in [0.25, 0.3) is 11.2 Å². The van der Waals surface area contributed by atoms with Gasteiger partial charge in [-0.3, -0.25) is 9.36 Å². The summed E-state index contributed by atoms with van der Waals surface area (Å²) in [5, 5.41) is 0. The third-order valence-corrected chi connectivity index (χ3v) is 3.61. The Morgan fingerprint density at radius 2 is 1.86 bits per heavy atom. The fraction of sp³-hybridized carbons (Fsp3) is 0.462. The van der Waals surface area contributed by atoms with Crippen LogP contribution in [0.1, 0.15) is 31.3 Å². The van der Waals surface area contributed by atoms with Crippen LogP contribution in [0.15, 0.2) is 4.79 Å². The summed E-state index contributed by atoms with van der Waals surface area (Å²) in [6, 6.07) is 0. The molecule has 118 valence electrons. The number of hydrogen-bond acceptors (Lipinski definition) is 7. The van der Waals surface area contributed by atoms with Gasteiger partial charge in [0.25, 0.3) is 5.56 Å². The molecule has 0 amide bonds. The van der Waals surface area contributed by atoms with E-state index in [0.717, 1.165) is 0 Å². The van der Waals surface area contributed by atoms with Crippen LogP contribution >= 0.6 is 12.2 Å². The number of esters is 1. The Balaban J connectivity index is 2.90. The van der Waals surface area contributed by atoms with Crippen LogP contribution < -0.4 is 11.3 Å². The lowest BCUT2D eigenvalue weighted by Gasteiger charge is -2.13. The molecule has 2 N–H and O–H groups in total. The lowest BCUT2D eigenvalue weighted by molar-refractivity contribution is 0.0521. The average Bonchev–Trinajstić information content (AvgIpc) is 2.48. The Kier molecular flexibility index (Phi) is 4.55. The Hall–Kier alpha value is -2.29. The standard InChI is InChI=1S/C13H17N5O3S/c1-4-17-10-8(11(19)18(5-2)13(17)22)15-7(9(14)16-10)12(20)21-6-3/h4-6H2,1-3H3,(H2,14,16). The zero-order valence-corrected chi connectivity index (χ0v) is 13.4. The molecule has 0 saturated carbocycles. The maximum atomic E-state index is 12.5. The molecule has 9 heteroatoms. The molecule has 0 aliphatic heterocycles. The molecule has 2 aromatic rings. The van der Waals surface area contributed by atoms with E-state index in [9.17, 15) is 9.59 Å². The number of rotatable bonds is 4. The van der Waals surface area contributed by atoms with Crippen molar-refractivity contribution in [3.05, 3.63) is 20.8 Å². The fourth-order valence-corrected chi connectivity index (χ4v) is 2.56. The van der Waals surface area contributed by atoms with E-state index in [2.05, 4.69) is 9.97 Å². The van der Waals surface area contributed by atoms with Crippen LogP contribution in [-0.4, -0.2) is 31.7 Å². The van der Waals surface area contributed by atoms with E-state index in [-0.39, 0.29) is 29.3 Å². The van der Waals surface area contributed by atoms with Gasteiger partial charge in [-0.2, -0.15) is 0 Å². The number of anilines is 1. The molecule has 2 heterocycles. The maximum Gasteiger partial charge on any atom is 0.360 e. The molecule has 0 aromatic carbocycles. The van der Waals surface area contributed by atoms with Crippen molar-refractivity contribution in [1.82, 2.24) is 19.1 Å². The smallest absolute Gasteiger partial charge is 0.360 e. The maximum absolute atomic E-state index is 12.5. The van der Waals surface area contributed by atoms with Gasteiger partial charge in [0, 0.05) is 13.1 Å². The second-order valence-electron chi connectivity index (χ2n) is 4.43. The first-order chi connectivity index (χ1) is 10.5. The van der Waals surface area contributed by atoms with E-state index in [1.165, 1.54) is 4.57 Å². The van der Waals surface area contributed by atoms with Gasteiger partial charge in [0.05, 0.1) is 6.61 Å². The zero-order valence-electron chi connectivity index (χ0n) is 12.6. The summed E-state index contributed by atoms with van der Waals surface area (Å²) in [4.78, 5) is 32.6. The summed E-state index contributed by atoms with van der Waals surface area (Å²) in [5.74, 6) is -0.793. The van der Waals surface area contributed by atoms with Gasteiger partial charge >= 0.3 is 5.97 Å². The van der Waals surface area contributed by atoms with Crippen molar-refractivity contribution in [1.29, 1.82) is 0 Å². The van der Waals surface area contributed by atoms with Crippen molar-refractivity contribution in [3.8, 4) is 0 Å². The van der Waals surface area contributed by atoms with Crippen LogP contribution in [0.2, 0.25) is 0 Å². The van der Waals surface area contributed by atoms with Crippen molar-refractivity contribution < 1.29 is 9.53 Å². The summed E-state index contributed by atoms with van der Waals surface area (Å²) in [6.45, 7) is 6.42. The summed E-state index contributed by atoms with van der Waals surface area (Å²) in [5.41, 5.74) is 5.55. The average molecular weight is 323 g/mol. The SMILES string of the molecule is CCOC(=O)c1nc2c(=O)n(CC)c(=S)n(CC)c2nc1N. The molecule has 2 aromatic heterocycles. The van der Waals surface area contributed by atoms with E-state index in [1.54, 1.807) is 18.4 Å². The Labute approximate surface area is 131 Å². The minimum absolute atomic E-state index is 0.0505. The number of aryl methyl sites for hydroxylation is 1. The Morgan fingerprint density at radius 3 is 2.41 bits per heavy atom. The van der Waals surface area contributed by atoms with E-state index < -0.39 is 11.5 Å². The van der Waals surface area contributed by atoms with Crippen molar-refractivity contribution >= 4 is 35.2 Å². The van der Waals surface area contributed by atoms with E-state index >= 15 is 0 Å². The van der Waals surface area contributed by atoms with Crippen molar-refractivity contribution in [2.24, 2.45) is 0 Å². The summed E-state index contributed by atoms with van der Waals surface area (Å²) < 4.78 is 8.29. The van der Waals surface area contributed by atoms with E-state index in [0.29, 0.717) is 17.9 Å².